The number of benzene rings is 1. The molecule has 1 aliphatic heterocycles. The van der Waals surface area contributed by atoms with Crippen LogP contribution in [0.15, 0.2) is 48.0 Å². The Bertz CT molecular complexity index is 735. The van der Waals surface area contributed by atoms with E-state index >= 15 is 0 Å². The minimum Gasteiger partial charge on any atom is -0.379 e. The summed E-state index contributed by atoms with van der Waals surface area (Å²) in [7, 11) is 1.80. The molecule has 7 heteroatoms. The number of aromatic nitrogens is 2. The molecule has 0 bridgehead atoms. The van der Waals surface area contributed by atoms with E-state index < -0.39 is 0 Å². The summed E-state index contributed by atoms with van der Waals surface area (Å²) >= 11 is 0. The molecule has 1 aliphatic rings. The van der Waals surface area contributed by atoms with Crippen LogP contribution >= 0.6 is 0 Å². The van der Waals surface area contributed by atoms with Gasteiger partial charge in [0.1, 0.15) is 0 Å². The van der Waals surface area contributed by atoms with E-state index in [2.05, 4.69) is 57.6 Å². The summed E-state index contributed by atoms with van der Waals surface area (Å²) in [6.07, 6.45) is 5.56. The number of ether oxygens (including phenoxy) is 1. The molecule has 3 rings (SSSR count). The van der Waals surface area contributed by atoms with Gasteiger partial charge in [0.15, 0.2) is 5.96 Å². The molecule has 1 fully saturated rings. The van der Waals surface area contributed by atoms with Gasteiger partial charge in [0.2, 0.25) is 0 Å². The van der Waals surface area contributed by atoms with E-state index in [4.69, 9.17) is 4.74 Å². The number of guanidine groups is 1. The SMILES string of the molecule is CN=C(NCc1ccccc1-n1ccnc1)NCC(C)(C)N1CCOCC1. The zero-order chi connectivity index (χ0) is 19.1. The van der Waals surface area contributed by atoms with Crippen LogP contribution in [0.25, 0.3) is 5.69 Å². The van der Waals surface area contributed by atoms with Crippen molar-refractivity contribution in [3.8, 4) is 5.69 Å². The number of nitrogens with one attached hydrogen (secondary N) is 2. The summed E-state index contributed by atoms with van der Waals surface area (Å²) in [4.78, 5) is 11.0. The average molecular weight is 371 g/mol. The largest absolute Gasteiger partial charge is 0.379 e. The highest BCUT2D eigenvalue weighted by Crippen LogP contribution is 2.16. The number of nitrogens with zero attached hydrogens (tertiary/aromatic N) is 4. The van der Waals surface area contributed by atoms with Crippen molar-refractivity contribution >= 4 is 5.96 Å². The zero-order valence-corrected chi connectivity index (χ0v) is 16.5. The van der Waals surface area contributed by atoms with Gasteiger partial charge in [0.05, 0.1) is 25.2 Å². The Hall–Kier alpha value is -2.38. The Morgan fingerprint density at radius 3 is 2.70 bits per heavy atom. The second-order valence-electron chi connectivity index (χ2n) is 7.29. The van der Waals surface area contributed by atoms with Crippen molar-refractivity contribution in [2.45, 2.75) is 25.9 Å². The van der Waals surface area contributed by atoms with Gasteiger partial charge in [0, 0.05) is 51.2 Å². The Morgan fingerprint density at radius 1 is 1.22 bits per heavy atom. The molecule has 1 saturated heterocycles. The third kappa shape index (κ3) is 5.08. The molecule has 2 N–H and O–H groups in total. The van der Waals surface area contributed by atoms with Gasteiger partial charge >= 0.3 is 0 Å². The lowest BCUT2D eigenvalue weighted by molar-refractivity contribution is -0.00834. The van der Waals surface area contributed by atoms with Crippen molar-refractivity contribution in [3.63, 3.8) is 0 Å². The molecule has 0 amide bonds. The van der Waals surface area contributed by atoms with Crippen LogP contribution in [0.4, 0.5) is 0 Å². The molecule has 27 heavy (non-hydrogen) atoms. The standard InChI is InChI=1S/C20H30N6O/c1-20(2,26-10-12-27-13-11-26)15-24-19(21-3)23-14-17-6-4-5-7-18(17)25-9-8-22-16-25/h4-9,16H,10-15H2,1-3H3,(H2,21,23,24). The maximum atomic E-state index is 5.47. The topological polar surface area (TPSA) is 66.7 Å². The first-order valence-electron chi connectivity index (χ1n) is 9.44. The molecule has 1 aromatic carbocycles. The zero-order valence-electron chi connectivity index (χ0n) is 16.5. The third-order valence-corrected chi connectivity index (χ3v) is 5.00. The normalized spacial score (nSPS) is 16.3. The third-order valence-electron chi connectivity index (χ3n) is 5.00. The lowest BCUT2D eigenvalue weighted by atomic mass is 10.0. The van der Waals surface area contributed by atoms with Crippen LogP contribution in [0.1, 0.15) is 19.4 Å². The summed E-state index contributed by atoms with van der Waals surface area (Å²) in [6.45, 7) is 9.57. The Balaban J connectivity index is 1.57. The molecule has 0 atom stereocenters. The lowest BCUT2D eigenvalue weighted by Crippen LogP contribution is -2.56. The fourth-order valence-electron chi connectivity index (χ4n) is 3.29. The molecule has 1 aromatic heterocycles. The summed E-state index contributed by atoms with van der Waals surface area (Å²) < 4.78 is 7.49. The Labute approximate surface area is 161 Å². The Morgan fingerprint density at radius 2 is 2.00 bits per heavy atom. The van der Waals surface area contributed by atoms with E-state index in [1.54, 1.807) is 13.2 Å². The van der Waals surface area contributed by atoms with Crippen molar-refractivity contribution in [2.24, 2.45) is 4.99 Å². The maximum Gasteiger partial charge on any atom is 0.191 e. The van der Waals surface area contributed by atoms with Gasteiger partial charge < -0.3 is 19.9 Å². The van der Waals surface area contributed by atoms with Gasteiger partial charge in [-0.2, -0.15) is 0 Å². The quantitative estimate of drug-likeness (QED) is 0.598. The molecular weight excluding hydrogens is 340 g/mol. The molecule has 146 valence electrons. The summed E-state index contributed by atoms with van der Waals surface area (Å²) in [5, 5.41) is 6.89. The van der Waals surface area contributed by atoms with E-state index in [0.717, 1.165) is 44.5 Å². The van der Waals surface area contributed by atoms with E-state index in [1.807, 2.05) is 23.2 Å². The van der Waals surface area contributed by atoms with Gasteiger partial charge in [-0.3, -0.25) is 9.89 Å². The number of hydrogen-bond acceptors (Lipinski definition) is 4. The second-order valence-corrected chi connectivity index (χ2v) is 7.29. The number of para-hydroxylation sites is 1. The van der Waals surface area contributed by atoms with Gasteiger partial charge in [-0.15, -0.1) is 0 Å². The summed E-state index contributed by atoms with van der Waals surface area (Å²) in [5.74, 6) is 0.803. The van der Waals surface area contributed by atoms with Crippen LogP contribution in [-0.2, 0) is 11.3 Å². The predicted molar refractivity (Wildman–Crippen MR) is 108 cm³/mol. The smallest absolute Gasteiger partial charge is 0.191 e. The number of hydrogen-bond donors (Lipinski definition) is 2. The van der Waals surface area contributed by atoms with Crippen LogP contribution in [0.2, 0.25) is 0 Å². The van der Waals surface area contributed by atoms with E-state index in [0.29, 0.717) is 6.54 Å². The van der Waals surface area contributed by atoms with Crippen molar-refractivity contribution in [3.05, 3.63) is 48.5 Å². The van der Waals surface area contributed by atoms with E-state index in [1.165, 1.54) is 5.56 Å². The molecule has 2 aromatic rings. The van der Waals surface area contributed by atoms with Crippen LogP contribution in [0.3, 0.4) is 0 Å². The highest BCUT2D eigenvalue weighted by atomic mass is 16.5. The fourth-order valence-corrected chi connectivity index (χ4v) is 3.29. The molecule has 0 unspecified atom stereocenters. The summed E-state index contributed by atoms with van der Waals surface area (Å²) in [5.41, 5.74) is 2.34. The summed E-state index contributed by atoms with van der Waals surface area (Å²) in [6, 6.07) is 8.30. The minimum absolute atomic E-state index is 0.0378. The highest BCUT2D eigenvalue weighted by molar-refractivity contribution is 5.79. The van der Waals surface area contributed by atoms with Crippen LogP contribution in [-0.4, -0.2) is 65.8 Å². The molecule has 2 heterocycles. The minimum atomic E-state index is 0.0378. The van der Waals surface area contributed by atoms with Crippen molar-refractivity contribution < 1.29 is 4.74 Å². The van der Waals surface area contributed by atoms with Crippen molar-refractivity contribution in [2.75, 3.05) is 39.9 Å². The molecule has 7 nitrogen and oxygen atoms in total. The monoisotopic (exact) mass is 370 g/mol. The average Bonchev–Trinajstić information content (AvgIpc) is 3.24. The van der Waals surface area contributed by atoms with Crippen LogP contribution in [0.5, 0.6) is 0 Å². The molecule has 0 saturated carbocycles. The first kappa shape index (κ1) is 19.4. The lowest BCUT2D eigenvalue weighted by Gasteiger charge is -2.41. The van der Waals surface area contributed by atoms with Gasteiger partial charge in [-0.05, 0) is 25.5 Å². The first-order valence-corrected chi connectivity index (χ1v) is 9.44. The van der Waals surface area contributed by atoms with Crippen LogP contribution < -0.4 is 10.6 Å². The number of rotatable bonds is 6. The van der Waals surface area contributed by atoms with E-state index in [-0.39, 0.29) is 5.54 Å². The van der Waals surface area contributed by atoms with Gasteiger partial charge in [-0.1, -0.05) is 18.2 Å². The number of morpholine rings is 1. The van der Waals surface area contributed by atoms with E-state index in [9.17, 15) is 0 Å². The van der Waals surface area contributed by atoms with Crippen molar-refractivity contribution in [1.29, 1.82) is 0 Å². The van der Waals surface area contributed by atoms with Gasteiger partial charge in [0.25, 0.3) is 0 Å². The van der Waals surface area contributed by atoms with Gasteiger partial charge in [-0.25, -0.2) is 4.98 Å². The highest BCUT2D eigenvalue weighted by Gasteiger charge is 2.28. The second kappa shape index (κ2) is 9.01. The Kier molecular flexibility index (Phi) is 6.47. The number of aliphatic imine (C=N–C) groups is 1. The maximum absolute atomic E-state index is 5.47. The number of imidazole rings is 1. The van der Waals surface area contributed by atoms with Crippen molar-refractivity contribution in [1.82, 2.24) is 25.1 Å². The molecule has 0 radical (unpaired) electrons. The predicted octanol–water partition coefficient (Wildman–Crippen LogP) is 1.65. The molecule has 0 aliphatic carbocycles. The fraction of sp³-hybridized carbons (Fsp3) is 0.500. The first-order chi connectivity index (χ1) is 13.1. The van der Waals surface area contributed by atoms with Crippen LogP contribution in [0, 0.1) is 0 Å². The molecule has 0 spiro atoms. The molecular formula is C20H30N6O.